The molecular weight excluding hydrogens is 318 g/mol. The Morgan fingerprint density at radius 3 is 2.08 bits per heavy atom. The fourth-order valence-corrected chi connectivity index (χ4v) is 3.29. The van der Waals surface area contributed by atoms with Crippen molar-refractivity contribution in [3.8, 4) is 17.2 Å². The summed E-state index contributed by atoms with van der Waals surface area (Å²) in [4.78, 5) is 14.3. The second-order valence-electron chi connectivity index (χ2n) is 6.65. The van der Waals surface area contributed by atoms with Crippen LogP contribution in [0.15, 0.2) is 18.2 Å². The number of likely N-dealkylation sites (N-methyl/N-ethyl adjacent to an activating group) is 1. The lowest BCUT2D eigenvalue weighted by Crippen LogP contribution is -2.38. The van der Waals surface area contributed by atoms with Gasteiger partial charge >= 0.3 is 0 Å². The number of carbonyl (C=O) groups excluding carboxylic acids is 1. The number of rotatable bonds is 6. The van der Waals surface area contributed by atoms with Crippen LogP contribution >= 0.6 is 0 Å². The molecular formula is C20H29NO4. The molecule has 0 N–H and O–H groups in total. The molecule has 0 aromatic heterocycles. The van der Waals surface area contributed by atoms with Gasteiger partial charge in [-0.1, -0.05) is 6.92 Å². The van der Waals surface area contributed by atoms with Gasteiger partial charge in [0, 0.05) is 19.2 Å². The molecule has 0 atom stereocenters. The van der Waals surface area contributed by atoms with Gasteiger partial charge in [0.2, 0.25) is 11.7 Å². The summed E-state index contributed by atoms with van der Waals surface area (Å²) in [5.74, 6) is 2.48. The van der Waals surface area contributed by atoms with E-state index >= 15 is 0 Å². The normalized spacial score (nSPS) is 20.4. The van der Waals surface area contributed by atoms with Crippen molar-refractivity contribution in [2.75, 3.05) is 28.4 Å². The molecule has 1 aromatic carbocycles. The van der Waals surface area contributed by atoms with Crippen molar-refractivity contribution in [1.29, 1.82) is 0 Å². The van der Waals surface area contributed by atoms with Crippen LogP contribution < -0.4 is 14.2 Å². The summed E-state index contributed by atoms with van der Waals surface area (Å²) >= 11 is 0. The second kappa shape index (κ2) is 8.79. The van der Waals surface area contributed by atoms with Crippen LogP contribution in [-0.4, -0.2) is 45.2 Å². The second-order valence-corrected chi connectivity index (χ2v) is 6.65. The molecule has 2 rings (SSSR count). The minimum atomic E-state index is 0.0216. The highest BCUT2D eigenvalue weighted by Gasteiger charge is 2.23. The molecule has 0 saturated heterocycles. The number of carbonyl (C=O) groups is 1. The van der Waals surface area contributed by atoms with E-state index in [4.69, 9.17) is 14.2 Å². The van der Waals surface area contributed by atoms with Gasteiger partial charge in [0.05, 0.1) is 21.3 Å². The molecule has 0 radical (unpaired) electrons. The molecule has 0 aliphatic heterocycles. The third-order valence-electron chi connectivity index (χ3n) is 4.99. The number of hydrogen-bond acceptors (Lipinski definition) is 4. The number of ether oxygens (including phenoxy) is 3. The average Bonchev–Trinajstić information content (AvgIpc) is 2.64. The predicted molar refractivity (Wildman–Crippen MR) is 99.3 cm³/mol. The van der Waals surface area contributed by atoms with Gasteiger partial charge in [-0.25, -0.2) is 0 Å². The highest BCUT2D eigenvalue weighted by molar-refractivity contribution is 5.92. The third-order valence-corrected chi connectivity index (χ3v) is 4.99. The predicted octanol–water partition coefficient (Wildman–Crippen LogP) is 3.76. The molecule has 138 valence electrons. The lowest BCUT2D eigenvalue weighted by atomic mass is 9.87. The molecule has 1 aromatic rings. The number of nitrogens with zero attached hydrogens (tertiary/aromatic N) is 1. The molecule has 1 amide bonds. The Balaban J connectivity index is 2.11. The molecule has 1 saturated carbocycles. The van der Waals surface area contributed by atoms with Crippen molar-refractivity contribution in [2.45, 2.75) is 38.6 Å². The quantitative estimate of drug-likeness (QED) is 0.735. The third kappa shape index (κ3) is 4.68. The van der Waals surface area contributed by atoms with E-state index in [1.54, 1.807) is 33.5 Å². The minimum Gasteiger partial charge on any atom is -0.493 e. The smallest absolute Gasteiger partial charge is 0.246 e. The summed E-state index contributed by atoms with van der Waals surface area (Å²) in [6.07, 6.45) is 7.95. The van der Waals surface area contributed by atoms with Crippen LogP contribution in [0.2, 0.25) is 0 Å². The Morgan fingerprint density at radius 2 is 1.60 bits per heavy atom. The highest BCUT2D eigenvalue weighted by Crippen LogP contribution is 2.38. The van der Waals surface area contributed by atoms with Gasteiger partial charge in [-0.2, -0.15) is 0 Å². The van der Waals surface area contributed by atoms with Crippen molar-refractivity contribution in [3.63, 3.8) is 0 Å². The van der Waals surface area contributed by atoms with Gasteiger partial charge in [-0.15, -0.1) is 0 Å². The van der Waals surface area contributed by atoms with Crippen LogP contribution in [0.25, 0.3) is 6.08 Å². The maximum atomic E-state index is 12.5. The first-order valence-corrected chi connectivity index (χ1v) is 8.75. The zero-order valence-electron chi connectivity index (χ0n) is 15.9. The minimum absolute atomic E-state index is 0.0216. The van der Waals surface area contributed by atoms with Crippen molar-refractivity contribution < 1.29 is 19.0 Å². The molecule has 1 aliphatic carbocycles. The first kappa shape index (κ1) is 19.2. The molecule has 0 spiro atoms. The van der Waals surface area contributed by atoms with Gasteiger partial charge in [-0.3, -0.25) is 4.79 Å². The average molecular weight is 347 g/mol. The summed E-state index contributed by atoms with van der Waals surface area (Å²) in [6.45, 7) is 2.28. The van der Waals surface area contributed by atoms with E-state index in [9.17, 15) is 4.79 Å². The first-order valence-electron chi connectivity index (χ1n) is 8.75. The zero-order chi connectivity index (χ0) is 18.4. The van der Waals surface area contributed by atoms with Crippen molar-refractivity contribution >= 4 is 12.0 Å². The SMILES string of the molecule is COc1cc(/C=C/C(=O)N(C)C2CCC(C)CC2)cc(OC)c1OC. The molecule has 5 nitrogen and oxygen atoms in total. The Bertz CT molecular complexity index is 593. The van der Waals surface area contributed by atoms with Crippen LogP contribution in [0, 0.1) is 5.92 Å². The maximum Gasteiger partial charge on any atom is 0.246 e. The van der Waals surface area contributed by atoms with Gasteiger partial charge < -0.3 is 19.1 Å². The van der Waals surface area contributed by atoms with E-state index < -0.39 is 0 Å². The summed E-state index contributed by atoms with van der Waals surface area (Å²) in [5, 5.41) is 0. The summed E-state index contributed by atoms with van der Waals surface area (Å²) in [6, 6.07) is 3.99. The largest absolute Gasteiger partial charge is 0.493 e. The van der Waals surface area contributed by atoms with E-state index in [1.165, 1.54) is 12.8 Å². The van der Waals surface area contributed by atoms with Crippen LogP contribution in [0.3, 0.4) is 0 Å². The Labute approximate surface area is 150 Å². The van der Waals surface area contributed by atoms with Gasteiger partial charge in [0.15, 0.2) is 11.5 Å². The first-order chi connectivity index (χ1) is 12.0. The topological polar surface area (TPSA) is 48.0 Å². The van der Waals surface area contributed by atoms with Crippen molar-refractivity contribution in [2.24, 2.45) is 5.92 Å². The molecule has 0 bridgehead atoms. The van der Waals surface area contributed by atoms with E-state index in [-0.39, 0.29) is 5.91 Å². The molecule has 1 fully saturated rings. The fourth-order valence-electron chi connectivity index (χ4n) is 3.29. The molecule has 1 aliphatic rings. The molecule has 0 heterocycles. The van der Waals surface area contributed by atoms with Crippen molar-refractivity contribution in [1.82, 2.24) is 4.90 Å². The number of benzene rings is 1. The summed E-state index contributed by atoms with van der Waals surface area (Å²) < 4.78 is 16.0. The zero-order valence-corrected chi connectivity index (χ0v) is 15.9. The van der Waals surface area contributed by atoms with Crippen LogP contribution in [0.1, 0.15) is 38.2 Å². The van der Waals surface area contributed by atoms with E-state index in [0.717, 1.165) is 24.3 Å². The van der Waals surface area contributed by atoms with Gasteiger partial charge in [-0.05, 0) is 55.4 Å². The Hall–Kier alpha value is -2.17. The number of hydrogen-bond donors (Lipinski definition) is 0. The van der Waals surface area contributed by atoms with E-state index in [1.807, 2.05) is 24.1 Å². The summed E-state index contributed by atoms with van der Waals surface area (Å²) in [5.41, 5.74) is 0.827. The Morgan fingerprint density at radius 1 is 1.04 bits per heavy atom. The van der Waals surface area contributed by atoms with Crippen LogP contribution in [0.5, 0.6) is 17.2 Å². The molecule has 5 heteroatoms. The molecule has 0 unspecified atom stereocenters. The lowest BCUT2D eigenvalue weighted by molar-refractivity contribution is -0.127. The monoisotopic (exact) mass is 347 g/mol. The van der Waals surface area contributed by atoms with E-state index in [0.29, 0.717) is 23.3 Å². The lowest BCUT2D eigenvalue weighted by Gasteiger charge is -2.33. The molecule has 25 heavy (non-hydrogen) atoms. The fraction of sp³-hybridized carbons (Fsp3) is 0.550. The van der Waals surface area contributed by atoms with E-state index in [2.05, 4.69) is 6.92 Å². The standard InChI is InChI=1S/C20H29NO4/c1-14-6-9-16(10-7-14)21(2)19(22)11-8-15-12-17(23-3)20(25-5)18(13-15)24-4/h8,11-14,16H,6-7,9-10H2,1-5H3/b11-8+. The summed E-state index contributed by atoms with van der Waals surface area (Å²) in [7, 11) is 6.61. The van der Waals surface area contributed by atoms with Crippen LogP contribution in [-0.2, 0) is 4.79 Å². The Kier molecular flexibility index (Phi) is 6.73. The van der Waals surface area contributed by atoms with Gasteiger partial charge in [0.25, 0.3) is 0 Å². The maximum absolute atomic E-state index is 12.5. The van der Waals surface area contributed by atoms with Crippen molar-refractivity contribution in [3.05, 3.63) is 23.8 Å². The number of methoxy groups -OCH3 is 3. The number of amides is 1. The van der Waals surface area contributed by atoms with Gasteiger partial charge in [0.1, 0.15) is 0 Å². The highest BCUT2D eigenvalue weighted by atomic mass is 16.5. The van der Waals surface area contributed by atoms with Crippen LogP contribution in [0.4, 0.5) is 0 Å².